The highest BCUT2D eigenvalue weighted by molar-refractivity contribution is 6.99. The number of rotatable bonds is 10. The molecule has 0 aliphatic heterocycles. The molecule has 3 unspecified atom stereocenters. The van der Waals surface area contributed by atoms with Crippen molar-refractivity contribution in [1.29, 1.82) is 0 Å². The molecule has 1 heterocycles. The zero-order chi connectivity index (χ0) is 26.5. The smallest absolute Gasteiger partial charge is 0.168 e. The van der Waals surface area contributed by atoms with Crippen molar-refractivity contribution in [2.45, 2.75) is 57.2 Å². The van der Waals surface area contributed by atoms with E-state index in [9.17, 15) is 13.9 Å². The minimum Gasteiger partial charge on any atom is -0.390 e. The van der Waals surface area contributed by atoms with Gasteiger partial charge in [0.25, 0.3) is 0 Å². The average Bonchev–Trinajstić information content (AvgIpc) is 3.39. The van der Waals surface area contributed by atoms with Crippen LogP contribution >= 0.6 is 11.7 Å². The molecule has 0 radical (unpaired) electrons. The molecule has 0 saturated heterocycles. The van der Waals surface area contributed by atoms with E-state index < -0.39 is 23.8 Å². The van der Waals surface area contributed by atoms with Gasteiger partial charge in [-0.1, -0.05) is 55.5 Å². The van der Waals surface area contributed by atoms with E-state index in [1.54, 1.807) is 0 Å². The van der Waals surface area contributed by atoms with Crippen LogP contribution in [0.1, 0.15) is 48.1 Å². The van der Waals surface area contributed by atoms with E-state index >= 15 is 0 Å². The van der Waals surface area contributed by atoms with Crippen molar-refractivity contribution in [3.63, 3.8) is 0 Å². The van der Waals surface area contributed by atoms with Crippen molar-refractivity contribution in [3.8, 4) is 11.3 Å². The van der Waals surface area contributed by atoms with Crippen LogP contribution in [-0.2, 0) is 19.3 Å². The van der Waals surface area contributed by atoms with Gasteiger partial charge in [0.2, 0.25) is 0 Å². The minimum atomic E-state index is -0.855. The van der Waals surface area contributed by atoms with Crippen molar-refractivity contribution in [3.05, 3.63) is 101 Å². The molecule has 38 heavy (non-hydrogen) atoms. The van der Waals surface area contributed by atoms with Crippen LogP contribution in [-0.4, -0.2) is 32.5 Å². The highest BCUT2D eigenvalue weighted by atomic mass is 32.1. The molecule has 0 amide bonds. The lowest BCUT2D eigenvalue weighted by Crippen LogP contribution is -2.43. The average molecular weight is 535 g/mol. The number of halogens is 2. The lowest BCUT2D eigenvalue weighted by molar-refractivity contribution is 0.143. The Bertz CT molecular complexity index is 1340. The Morgan fingerprint density at radius 2 is 1.79 bits per heavy atom. The Balaban J connectivity index is 1.36. The van der Waals surface area contributed by atoms with Gasteiger partial charge in [0.05, 0.1) is 23.9 Å². The SMILES string of the molecule is CCc1ccc2c(c1)C(NCC(O)C(Cc1cc(F)cc(F)c1)Nc1nsnc1-c1ccccc1)CCC2. The van der Waals surface area contributed by atoms with Crippen LogP contribution in [0.15, 0.2) is 66.7 Å². The third kappa shape index (κ3) is 6.26. The van der Waals surface area contributed by atoms with Crippen molar-refractivity contribution in [2.24, 2.45) is 0 Å². The van der Waals surface area contributed by atoms with Gasteiger partial charge in [-0.2, -0.15) is 8.75 Å². The topological polar surface area (TPSA) is 70.1 Å². The van der Waals surface area contributed by atoms with E-state index in [0.717, 1.165) is 49.0 Å². The zero-order valence-electron chi connectivity index (χ0n) is 21.3. The quantitative estimate of drug-likeness (QED) is 0.230. The fraction of sp³-hybridized carbons (Fsp3) is 0.333. The third-order valence-corrected chi connectivity index (χ3v) is 7.73. The molecule has 198 valence electrons. The van der Waals surface area contributed by atoms with E-state index in [0.29, 0.717) is 23.6 Å². The Kier molecular flexibility index (Phi) is 8.42. The Morgan fingerprint density at radius 3 is 2.55 bits per heavy atom. The van der Waals surface area contributed by atoms with Gasteiger partial charge in [0.1, 0.15) is 17.3 Å². The first kappa shape index (κ1) is 26.4. The lowest BCUT2D eigenvalue weighted by Gasteiger charge is -2.30. The molecule has 3 N–H and O–H groups in total. The second-order valence-corrected chi connectivity index (χ2v) is 10.4. The summed E-state index contributed by atoms with van der Waals surface area (Å²) >= 11 is 1.08. The lowest BCUT2D eigenvalue weighted by atomic mass is 9.86. The van der Waals surface area contributed by atoms with Crippen LogP contribution < -0.4 is 10.6 Å². The second kappa shape index (κ2) is 12.1. The summed E-state index contributed by atoms with van der Waals surface area (Å²) in [7, 11) is 0. The number of hydrogen-bond donors (Lipinski definition) is 3. The van der Waals surface area contributed by atoms with E-state index in [4.69, 9.17) is 0 Å². The van der Waals surface area contributed by atoms with Crippen molar-refractivity contribution >= 4 is 17.5 Å². The molecule has 0 fully saturated rings. The predicted octanol–water partition coefficient (Wildman–Crippen LogP) is 6.10. The molecule has 3 atom stereocenters. The highest BCUT2D eigenvalue weighted by Crippen LogP contribution is 2.31. The van der Waals surface area contributed by atoms with Gasteiger partial charge in [0.15, 0.2) is 5.82 Å². The fourth-order valence-corrected chi connectivity index (χ4v) is 5.73. The summed E-state index contributed by atoms with van der Waals surface area (Å²) in [5, 5.41) is 18.3. The van der Waals surface area contributed by atoms with E-state index in [2.05, 4.69) is 44.5 Å². The summed E-state index contributed by atoms with van der Waals surface area (Å²) in [5.41, 5.74) is 5.99. The molecule has 1 aliphatic carbocycles. The standard InChI is InChI=1S/C30H32F2N4OS/c1-2-19-11-12-21-9-6-10-26(25(21)15-19)33-18-28(37)27(16-20-13-23(31)17-24(32)14-20)34-30-29(35-38-36-30)22-7-4-3-5-8-22/h3-5,7-8,11-15,17,26-28,33,37H,2,6,9-10,16,18H2,1H3,(H,34,36). The number of aromatic nitrogens is 2. The predicted molar refractivity (Wildman–Crippen MR) is 148 cm³/mol. The van der Waals surface area contributed by atoms with Crippen LogP contribution in [0.5, 0.6) is 0 Å². The molecule has 0 spiro atoms. The van der Waals surface area contributed by atoms with Crippen LogP contribution in [0.25, 0.3) is 11.3 Å². The maximum atomic E-state index is 14.0. The summed E-state index contributed by atoms with van der Waals surface area (Å²) in [5.74, 6) is -0.743. The van der Waals surface area contributed by atoms with Gasteiger partial charge in [-0.05, 0) is 66.5 Å². The summed E-state index contributed by atoms with van der Waals surface area (Å²) in [4.78, 5) is 0. The van der Waals surface area contributed by atoms with Gasteiger partial charge >= 0.3 is 0 Å². The minimum absolute atomic E-state index is 0.146. The molecule has 3 aromatic carbocycles. The number of aliphatic hydroxyl groups is 1. The van der Waals surface area contributed by atoms with E-state index in [-0.39, 0.29) is 12.5 Å². The number of fused-ring (bicyclic) bond motifs is 1. The van der Waals surface area contributed by atoms with Crippen LogP contribution in [0.2, 0.25) is 0 Å². The molecule has 8 heteroatoms. The van der Waals surface area contributed by atoms with Gasteiger partial charge < -0.3 is 15.7 Å². The fourth-order valence-electron chi connectivity index (χ4n) is 5.20. The van der Waals surface area contributed by atoms with Gasteiger partial charge in [-0.15, -0.1) is 0 Å². The first-order valence-electron chi connectivity index (χ1n) is 13.1. The van der Waals surface area contributed by atoms with Crippen molar-refractivity contribution in [1.82, 2.24) is 14.1 Å². The molecule has 1 aliphatic rings. The summed E-state index contributed by atoms with van der Waals surface area (Å²) in [6.45, 7) is 2.47. The Labute approximate surface area is 226 Å². The second-order valence-electron chi connectivity index (χ2n) is 9.87. The molecule has 5 rings (SSSR count). The molecular weight excluding hydrogens is 502 g/mol. The summed E-state index contributed by atoms with van der Waals surface area (Å²) in [6, 6.07) is 19.4. The Hall–Kier alpha value is -3.20. The first-order chi connectivity index (χ1) is 18.5. The highest BCUT2D eigenvalue weighted by Gasteiger charge is 2.26. The van der Waals surface area contributed by atoms with Crippen molar-refractivity contribution < 1.29 is 13.9 Å². The maximum absolute atomic E-state index is 14.0. The monoisotopic (exact) mass is 534 g/mol. The van der Waals surface area contributed by atoms with Gasteiger partial charge in [-0.25, -0.2) is 8.78 Å². The normalized spacial score (nSPS) is 16.6. The summed E-state index contributed by atoms with van der Waals surface area (Å²) < 4.78 is 36.8. The van der Waals surface area contributed by atoms with E-state index in [1.807, 2.05) is 30.3 Å². The summed E-state index contributed by atoms with van der Waals surface area (Å²) in [6.07, 6.45) is 3.48. The van der Waals surface area contributed by atoms with Crippen molar-refractivity contribution in [2.75, 3.05) is 11.9 Å². The number of benzene rings is 3. The molecular formula is C30H32F2N4OS. The molecule has 0 saturated carbocycles. The van der Waals surface area contributed by atoms with Gasteiger partial charge in [-0.3, -0.25) is 0 Å². The molecule has 5 nitrogen and oxygen atoms in total. The first-order valence-corrected chi connectivity index (χ1v) is 13.9. The largest absolute Gasteiger partial charge is 0.390 e. The number of nitrogens with zero attached hydrogens (tertiary/aromatic N) is 2. The Morgan fingerprint density at radius 1 is 1.00 bits per heavy atom. The number of hydrogen-bond acceptors (Lipinski definition) is 6. The zero-order valence-corrected chi connectivity index (χ0v) is 22.1. The number of anilines is 1. The van der Waals surface area contributed by atoms with E-state index in [1.165, 1.54) is 28.8 Å². The molecule has 0 bridgehead atoms. The molecule has 4 aromatic rings. The van der Waals surface area contributed by atoms with Crippen LogP contribution in [0.3, 0.4) is 0 Å². The number of nitrogens with one attached hydrogen (secondary N) is 2. The number of aryl methyl sites for hydroxylation is 2. The number of aliphatic hydroxyl groups excluding tert-OH is 1. The third-order valence-electron chi connectivity index (χ3n) is 7.21. The van der Waals surface area contributed by atoms with Crippen LogP contribution in [0.4, 0.5) is 14.6 Å². The van der Waals surface area contributed by atoms with Gasteiger partial charge in [0, 0.05) is 24.2 Å². The maximum Gasteiger partial charge on any atom is 0.168 e. The molecule has 1 aromatic heterocycles. The van der Waals surface area contributed by atoms with Crippen LogP contribution in [0, 0.1) is 11.6 Å².